The van der Waals surface area contributed by atoms with E-state index in [-0.39, 0.29) is 0 Å². The van der Waals surface area contributed by atoms with Gasteiger partial charge in [-0.25, -0.2) is 5.11 Å². The van der Waals surface area contributed by atoms with Crippen molar-refractivity contribution < 1.29 is 9.84 Å². The fourth-order valence-electron chi connectivity index (χ4n) is 0.317. The Hall–Kier alpha value is -0.120. The lowest BCUT2D eigenvalue weighted by Crippen LogP contribution is -2.16. The van der Waals surface area contributed by atoms with Crippen molar-refractivity contribution in [2.45, 2.75) is 6.92 Å². The molecule has 3 heteroatoms. The van der Waals surface area contributed by atoms with Crippen LogP contribution in [0.5, 0.6) is 0 Å². The third-order valence-electron chi connectivity index (χ3n) is 0.888. The Balaban J connectivity index is 2.86. The molecule has 0 amide bonds. The smallest absolute Gasteiger partial charge is 0.180 e. The predicted octanol–water partition coefficient (Wildman–Crippen LogP) is -0.0142. The van der Waals surface area contributed by atoms with Gasteiger partial charge in [0.05, 0.1) is 6.61 Å². The van der Waals surface area contributed by atoms with Crippen LogP contribution in [0, 0.1) is 5.92 Å². The fraction of sp³-hybridized carbons (Fsp3) is 1.00. The Bertz CT molecular complexity index is 49.7. The lowest BCUT2D eigenvalue weighted by Gasteiger charge is -2.04. The molecule has 0 saturated heterocycles. The molecular weight excluding hydrogens is 106 g/mol. The Kier molecular flexibility index (Phi) is 4.95. The number of ether oxygens (including phenoxy) is 1. The molecule has 0 fully saturated rings. The van der Waals surface area contributed by atoms with Gasteiger partial charge in [-0.05, 0) is 12.5 Å². The second-order valence-electron chi connectivity index (χ2n) is 1.83. The van der Waals surface area contributed by atoms with E-state index in [4.69, 9.17) is 5.73 Å². The van der Waals surface area contributed by atoms with Gasteiger partial charge in [-0.2, -0.15) is 0 Å². The molecule has 0 heterocycles. The number of nitrogens with two attached hydrogens (primary N) is 1. The van der Waals surface area contributed by atoms with E-state index in [1.54, 1.807) is 0 Å². The van der Waals surface area contributed by atoms with Crippen LogP contribution in [0.2, 0.25) is 0 Å². The monoisotopic (exact) mass is 118 g/mol. The van der Waals surface area contributed by atoms with Gasteiger partial charge < -0.3 is 10.5 Å². The first-order chi connectivity index (χ1) is 3.81. The molecule has 0 aromatic carbocycles. The minimum atomic E-state index is -0.454. The molecule has 0 aliphatic heterocycles. The first-order valence-corrected chi connectivity index (χ1v) is 2.67. The van der Waals surface area contributed by atoms with Gasteiger partial charge in [-0.1, -0.05) is 6.92 Å². The maximum Gasteiger partial charge on any atom is 0.180 e. The lowest BCUT2D eigenvalue weighted by atomic mass is 10.2. The van der Waals surface area contributed by atoms with Crippen LogP contribution in [0.4, 0.5) is 0 Å². The number of rotatable bonds is 4. The quantitative estimate of drug-likeness (QED) is 0.528. The van der Waals surface area contributed by atoms with Crippen LogP contribution in [0.1, 0.15) is 6.92 Å². The Morgan fingerprint density at radius 1 is 1.75 bits per heavy atom. The molecule has 49 valence electrons. The second kappa shape index (κ2) is 5.03. The van der Waals surface area contributed by atoms with Gasteiger partial charge in [0.15, 0.2) is 6.79 Å². The van der Waals surface area contributed by atoms with E-state index in [1.807, 2.05) is 6.92 Å². The molecule has 0 bridgehead atoms. The SMILES string of the molecule is CC(CN)COC[O]. The molecule has 1 unspecified atom stereocenters. The van der Waals surface area contributed by atoms with Crippen molar-refractivity contribution in [2.75, 3.05) is 19.9 Å². The summed E-state index contributed by atoms with van der Waals surface area (Å²) in [6.07, 6.45) is 0. The van der Waals surface area contributed by atoms with Gasteiger partial charge in [0, 0.05) is 0 Å². The first kappa shape index (κ1) is 7.88. The Morgan fingerprint density at radius 3 is 2.75 bits per heavy atom. The van der Waals surface area contributed by atoms with E-state index in [0.717, 1.165) is 0 Å². The highest BCUT2D eigenvalue weighted by Gasteiger charge is 1.95. The zero-order valence-electron chi connectivity index (χ0n) is 5.09. The topological polar surface area (TPSA) is 55.1 Å². The molecule has 0 aromatic heterocycles. The zero-order valence-corrected chi connectivity index (χ0v) is 5.09. The maximum atomic E-state index is 9.69. The van der Waals surface area contributed by atoms with Crippen molar-refractivity contribution in [3.8, 4) is 0 Å². The van der Waals surface area contributed by atoms with E-state index in [1.165, 1.54) is 0 Å². The third-order valence-corrected chi connectivity index (χ3v) is 0.888. The van der Waals surface area contributed by atoms with Gasteiger partial charge >= 0.3 is 0 Å². The summed E-state index contributed by atoms with van der Waals surface area (Å²) in [5.74, 6) is 0.309. The summed E-state index contributed by atoms with van der Waals surface area (Å²) in [5, 5.41) is 9.69. The van der Waals surface area contributed by atoms with Gasteiger partial charge in [0.2, 0.25) is 0 Å². The molecule has 1 atom stereocenters. The minimum Gasteiger partial charge on any atom is -0.352 e. The van der Waals surface area contributed by atoms with Crippen LogP contribution < -0.4 is 5.73 Å². The summed E-state index contributed by atoms with van der Waals surface area (Å²) in [7, 11) is 0. The first-order valence-electron chi connectivity index (χ1n) is 2.67. The summed E-state index contributed by atoms with van der Waals surface area (Å²) in [4.78, 5) is 0. The molecule has 0 aliphatic rings. The summed E-state index contributed by atoms with van der Waals surface area (Å²) in [5.41, 5.74) is 5.23. The van der Waals surface area contributed by atoms with Crippen molar-refractivity contribution in [3.63, 3.8) is 0 Å². The van der Waals surface area contributed by atoms with E-state index in [9.17, 15) is 5.11 Å². The molecule has 1 radical (unpaired) electrons. The zero-order chi connectivity index (χ0) is 6.41. The Labute approximate surface area is 49.4 Å². The van der Waals surface area contributed by atoms with Crippen molar-refractivity contribution in [1.29, 1.82) is 0 Å². The molecule has 0 spiro atoms. The van der Waals surface area contributed by atoms with Crippen LogP contribution in [-0.4, -0.2) is 19.9 Å². The van der Waals surface area contributed by atoms with Crippen molar-refractivity contribution >= 4 is 0 Å². The highest BCUT2D eigenvalue weighted by atomic mass is 16.6. The molecule has 0 aliphatic carbocycles. The standard InChI is InChI=1S/C5H12NO2/c1-5(2-6)3-8-4-7/h5H,2-4,6H2,1H3. The maximum absolute atomic E-state index is 9.69. The van der Waals surface area contributed by atoms with E-state index >= 15 is 0 Å². The summed E-state index contributed by atoms with van der Waals surface area (Å²) in [6.45, 7) is 2.56. The van der Waals surface area contributed by atoms with Gasteiger partial charge in [-0.15, -0.1) is 0 Å². The minimum absolute atomic E-state index is 0.309. The molecule has 0 saturated carbocycles. The highest BCUT2D eigenvalue weighted by Crippen LogP contribution is 1.89. The predicted molar refractivity (Wildman–Crippen MR) is 29.7 cm³/mol. The average Bonchev–Trinajstić information content (AvgIpc) is 1.83. The van der Waals surface area contributed by atoms with Gasteiger partial charge in [0.25, 0.3) is 0 Å². The van der Waals surface area contributed by atoms with Gasteiger partial charge in [-0.3, -0.25) is 0 Å². The number of hydrogen-bond donors (Lipinski definition) is 1. The van der Waals surface area contributed by atoms with E-state index < -0.39 is 6.79 Å². The molecule has 8 heavy (non-hydrogen) atoms. The lowest BCUT2D eigenvalue weighted by molar-refractivity contribution is -0.0532. The van der Waals surface area contributed by atoms with Crippen molar-refractivity contribution in [2.24, 2.45) is 11.7 Å². The highest BCUT2D eigenvalue weighted by molar-refractivity contribution is 4.47. The van der Waals surface area contributed by atoms with Crippen molar-refractivity contribution in [3.05, 3.63) is 0 Å². The molecular formula is C5H12NO2. The van der Waals surface area contributed by atoms with Crippen LogP contribution in [0.15, 0.2) is 0 Å². The van der Waals surface area contributed by atoms with Crippen molar-refractivity contribution in [1.82, 2.24) is 0 Å². The van der Waals surface area contributed by atoms with Crippen LogP contribution in [0.25, 0.3) is 0 Å². The molecule has 0 rings (SSSR count). The Morgan fingerprint density at radius 2 is 2.38 bits per heavy atom. The fourth-order valence-corrected chi connectivity index (χ4v) is 0.317. The average molecular weight is 118 g/mol. The van der Waals surface area contributed by atoms with Gasteiger partial charge in [0.1, 0.15) is 0 Å². The van der Waals surface area contributed by atoms with Crippen LogP contribution in [0.3, 0.4) is 0 Å². The largest absolute Gasteiger partial charge is 0.352 e. The van der Waals surface area contributed by atoms with Crippen LogP contribution >= 0.6 is 0 Å². The molecule has 0 aromatic rings. The van der Waals surface area contributed by atoms with E-state index in [0.29, 0.717) is 19.1 Å². The third kappa shape index (κ3) is 4.05. The number of hydrogen-bond acceptors (Lipinski definition) is 2. The van der Waals surface area contributed by atoms with E-state index in [2.05, 4.69) is 4.74 Å². The molecule has 3 nitrogen and oxygen atoms in total. The summed E-state index contributed by atoms with van der Waals surface area (Å²) < 4.78 is 4.55. The summed E-state index contributed by atoms with van der Waals surface area (Å²) in [6, 6.07) is 0. The molecule has 2 N–H and O–H groups in total. The normalized spacial score (nSPS) is 13.9. The second-order valence-corrected chi connectivity index (χ2v) is 1.83. The summed E-state index contributed by atoms with van der Waals surface area (Å²) >= 11 is 0. The van der Waals surface area contributed by atoms with Crippen LogP contribution in [-0.2, 0) is 9.84 Å².